The van der Waals surface area contributed by atoms with Crippen LogP contribution >= 0.6 is 0 Å². The van der Waals surface area contributed by atoms with Crippen molar-refractivity contribution in [2.24, 2.45) is 0 Å². The van der Waals surface area contributed by atoms with Crippen LogP contribution in [0.1, 0.15) is 322 Å². The number of hydrogen-bond acceptors (Lipinski definition) is 8. The zero-order valence-corrected chi connectivity index (χ0v) is 49.3. The molecule has 0 saturated carbocycles. The highest BCUT2D eigenvalue weighted by atomic mass is 16.7. The molecule has 1 heterocycles. The van der Waals surface area contributed by atoms with Gasteiger partial charge in [0.15, 0.2) is 6.29 Å². The number of unbranched alkanes of at least 4 members (excludes halogenated alkanes) is 43. The molecule has 9 heteroatoms. The first-order valence-corrected chi connectivity index (χ1v) is 32.7. The van der Waals surface area contributed by atoms with Gasteiger partial charge in [0.25, 0.3) is 0 Å². The van der Waals surface area contributed by atoms with Crippen LogP contribution in [0.4, 0.5) is 0 Å². The topological polar surface area (TPSA) is 149 Å². The van der Waals surface area contributed by atoms with Gasteiger partial charge in [0, 0.05) is 6.42 Å². The monoisotopic (exact) mass is 1060 g/mol. The molecule has 0 aromatic rings. The number of aliphatic hydroxyl groups excluding tert-OH is 5. The van der Waals surface area contributed by atoms with E-state index in [1.54, 1.807) is 6.08 Å². The molecule has 6 N–H and O–H groups in total. The number of aliphatic hydroxyl groups is 5. The Labute approximate surface area is 463 Å². The van der Waals surface area contributed by atoms with Crippen LogP contribution in [0.3, 0.4) is 0 Å². The fourth-order valence-corrected chi connectivity index (χ4v) is 10.5. The number of carbonyl (C=O) groups excluding carboxylic acids is 1. The number of allylic oxidation sites excluding steroid dienone is 5. The van der Waals surface area contributed by atoms with Crippen LogP contribution in [-0.4, -0.2) is 87.5 Å². The molecule has 1 aliphatic heterocycles. The molecule has 0 aromatic carbocycles. The minimum Gasteiger partial charge on any atom is -0.394 e. The number of hydrogen-bond donors (Lipinski definition) is 6. The quantitative estimate of drug-likeness (QED) is 0.0261. The van der Waals surface area contributed by atoms with Gasteiger partial charge in [-0.05, 0) is 44.9 Å². The second-order valence-corrected chi connectivity index (χ2v) is 22.9. The van der Waals surface area contributed by atoms with E-state index < -0.39 is 49.5 Å². The van der Waals surface area contributed by atoms with Gasteiger partial charge >= 0.3 is 0 Å². The SMILES string of the molecule is CCCCCCCCCCCCCCC/C=C/CC/C=C/CC/C=C/C(O)C(COC1OC(CO)C(O)C(O)C1O)NC(=O)CCCCCCCCCCCCCCCCCCCCCCCCCCCCCCC. The first kappa shape index (κ1) is 71.4. The van der Waals surface area contributed by atoms with E-state index in [0.29, 0.717) is 6.42 Å². The largest absolute Gasteiger partial charge is 0.394 e. The van der Waals surface area contributed by atoms with Crippen molar-refractivity contribution in [3.63, 3.8) is 0 Å². The molecule has 1 rings (SSSR count). The Balaban J connectivity index is 2.18. The van der Waals surface area contributed by atoms with Crippen LogP contribution in [0.15, 0.2) is 36.5 Å². The Kier molecular flexibility index (Phi) is 53.1. The first-order chi connectivity index (χ1) is 36.8. The molecule has 0 aliphatic carbocycles. The Hall–Kier alpha value is -1.59. The summed E-state index contributed by atoms with van der Waals surface area (Å²) in [5, 5.41) is 54.6. The standard InChI is InChI=1S/C66H125NO8/c1-3-5-7-9-11-13-15-17-19-21-23-25-27-28-29-30-31-32-34-36-38-40-42-44-46-48-50-52-54-56-62(70)67-59(58-74-66-65(73)64(72)63(71)61(57-68)75-66)60(69)55-53-51-49-47-45-43-41-39-37-35-33-26-24-22-20-18-16-14-12-10-8-6-4-2/h37,39,45,47,53,55,59-61,63-66,68-69,71-73H,3-36,38,40-44,46,48-52,54,56-58H2,1-2H3,(H,67,70)/b39-37+,47-45+,55-53+. The first-order valence-electron chi connectivity index (χ1n) is 32.7. The average molecular weight is 1060 g/mol. The van der Waals surface area contributed by atoms with Gasteiger partial charge in [-0.15, -0.1) is 0 Å². The molecule has 1 fully saturated rings. The van der Waals surface area contributed by atoms with E-state index in [1.807, 2.05) is 6.08 Å². The number of amides is 1. The van der Waals surface area contributed by atoms with Gasteiger partial charge in [-0.3, -0.25) is 4.79 Å². The van der Waals surface area contributed by atoms with Crippen molar-refractivity contribution < 1.29 is 39.8 Å². The molecule has 442 valence electrons. The molecule has 75 heavy (non-hydrogen) atoms. The van der Waals surface area contributed by atoms with Crippen LogP contribution < -0.4 is 5.32 Å². The summed E-state index contributed by atoms with van der Waals surface area (Å²) in [5.41, 5.74) is 0. The Bertz CT molecular complexity index is 1270. The zero-order valence-electron chi connectivity index (χ0n) is 49.3. The third kappa shape index (κ3) is 44.9. The van der Waals surface area contributed by atoms with Crippen LogP contribution in [0.2, 0.25) is 0 Å². The van der Waals surface area contributed by atoms with Crippen LogP contribution in [0.5, 0.6) is 0 Å². The molecule has 7 atom stereocenters. The minimum absolute atomic E-state index is 0.184. The summed E-state index contributed by atoms with van der Waals surface area (Å²) in [6.45, 7) is 3.80. The second kappa shape index (κ2) is 55.7. The van der Waals surface area contributed by atoms with Crippen LogP contribution in [-0.2, 0) is 14.3 Å². The number of rotatable bonds is 57. The van der Waals surface area contributed by atoms with E-state index in [1.165, 1.54) is 257 Å². The Morgan fingerprint density at radius 2 is 0.760 bits per heavy atom. The van der Waals surface area contributed by atoms with Gasteiger partial charge in [-0.1, -0.05) is 307 Å². The van der Waals surface area contributed by atoms with E-state index in [4.69, 9.17) is 9.47 Å². The van der Waals surface area contributed by atoms with Crippen molar-refractivity contribution in [2.75, 3.05) is 13.2 Å². The molecule has 1 aliphatic rings. The van der Waals surface area contributed by atoms with Crippen molar-refractivity contribution >= 4 is 5.91 Å². The summed E-state index contributed by atoms with van der Waals surface area (Å²) in [6, 6.07) is -0.827. The van der Waals surface area contributed by atoms with E-state index in [9.17, 15) is 30.3 Å². The van der Waals surface area contributed by atoms with Crippen molar-refractivity contribution in [3.05, 3.63) is 36.5 Å². The number of carbonyl (C=O) groups is 1. The summed E-state index contributed by atoms with van der Waals surface area (Å²) in [7, 11) is 0. The fourth-order valence-electron chi connectivity index (χ4n) is 10.5. The maximum absolute atomic E-state index is 13.1. The van der Waals surface area contributed by atoms with Gasteiger partial charge in [-0.25, -0.2) is 0 Å². The third-order valence-electron chi connectivity index (χ3n) is 15.7. The van der Waals surface area contributed by atoms with Gasteiger partial charge in [0.05, 0.1) is 25.4 Å². The lowest BCUT2D eigenvalue weighted by Gasteiger charge is -2.40. The lowest BCUT2D eigenvalue weighted by Crippen LogP contribution is -2.60. The molecule has 0 spiro atoms. The van der Waals surface area contributed by atoms with E-state index in [-0.39, 0.29) is 12.5 Å². The van der Waals surface area contributed by atoms with Gasteiger partial charge < -0.3 is 40.3 Å². The molecule has 1 amide bonds. The number of nitrogens with one attached hydrogen (secondary N) is 1. The van der Waals surface area contributed by atoms with Gasteiger partial charge in [0.1, 0.15) is 24.4 Å². The highest BCUT2D eigenvalue weighted by Crippen LogP contribution is 2.23. The predicted molar refractivity (Wildman–Crippen MR) is 318 cm³/mol. The third-order valence-corrected chi connectivity index (χ3v) is 15.7. The summed E-state index contributed by atoms with van der Waals surface area (Å²) >= 11 is 0. The van der Waals surface area contributed by atoms with Crippen molar-refractivity contribution in [1.82, 2.24) is 5.32 Å². The minimum atomic E-state index is -1.57. The van der Waals surface area contributed by atoms with E-state index >= 15 is 0 Å². The predicted octanol–water partition coefficient (Wildman–Crippen LogP) is 17.1. The maximum atomic E-state index is 13.1. The van der Waals surface area contributed by atoms with E-state index in [0.717, 1.165) is 44.9 Å². The normalized spacial score (nSPS) is 19.1. The molecule has 9 nitrogen and oxygen atoms in total. The summed E-state index contributed by atoms with van der Waals surface area (Å²) in [4.78, 5) is 13.1. The molecule has 7 unspecified atom stereocenters. The fraction of sp³-hybridized carbons (Fsp3) is 0.894. The molecule has 0 aromatic heterocycles. The lowest BCUT2D eigenvalue weighted by molar-refractivity contribution is -0.302. The van der Waals surface area contributed by atoms with Crippen molar-refractivity contribution in [2.45, 2.75) is 365 Å². The molecule has 0 radical (unpaired) electrons. The molecular formula is C66H125NO8. The molecule has 0 bridgehead atoms. The van der Waals surface area contributed by atoms with Crippen LogP contribution in [0.25, 0.3) is 0 Å². The maximum Gasteiger partial charge on any atom is 0.220 e. The Morgan fingerprint density at radius 3 is 1.12 bits per heavy atom. The van der Waals surface area contributed by atoms with Crippen LogP contribution in [0, 0.1) is 0 Å². The molecular weight excluding hydrogens is 935 g/mol. The Morgan fingerprint density at radius 1 is 0.440 bits per heavy atom. The average Bonchev–Trinajstić information content (AvgIpc) is 3.41. The summed E-state index contributed by atoms with van der Waals surface area (Å²) in [6.07, 6.45) is 66.7. The molecule has 1 saturated heterocycles. The van der Waals surface area contributed by atoms with Gasteiger partial charge in [0.2, 0.25) is 5.91 Å². The smallest absolute Gasteiger partial charge is 0.220 e. The second-order valence-electron chi connectivity index (χ2n) is 22.9. The summed E-state index contributed by atoms with van der Waals surface area (Å²) < 4.78 is 11.3. The zero-order chi connectivity index (χ0) is 54.3. The van der Waals surface area contributed by atoms with E-state index in [2.05, 4.69) is 43.5 Å². The van der Waals surface area contributed by atoms with Crippen molar-refractivity contribution in [3.8, 4) is 0 Å². The van der Waals surface area contributed by atoms with Gasteiger partial charge in [-0.2, -0.15) is 0 Å². The highest BCUT2D eigenvalue weighted by molar-refractivity contribution is 5.76. The lowest BCUT2D eigenvalue weighted by atomic mass is 9.99. The highest BCUT2D eigenvalue weighted by Gasteiger charge is 2.44. The van der Waals surface area contributed by atoms with Crippen molar-refractivity contribution in [1.29, 1.82) is 0 Å². The summed E-state index contributed by atoms with van der Waals surface area (Å²) in [5.74, 6) is -0.184. The number of ether oxygens (including phenoxy) is 2.